The number of rotatable bonds is 8. The van der Waals surface area contributed by atoms with Gasteiger partial charge in [0, 0.05) is 23.5 Å². The number of nitrogens with one attached hydrogen (secondary N) is 1. The van der Waals surface area contributed by atoms with Gasteiger partial charge in [-0.1, -0.05) is 12.1 Å². The second-order valence-electron chi connectivity index (χ2n) is 6.00. The fourth-order valence-electron chi connectivity index (χ4n) is 2.92. The molecule has 1 aromatic carbocycles. The van der Waals surface area contributed by atoms with Crippen molar-refractivity contribution in [1.82, 2.24) is 9.88 Å². The Labute approximate surface area is 158 Å². The summed E-state index contributed by atoms with van der Waals surface area (Å²) in [6.45, 7) is 5.85. The molecule has 0 unspecified atom stereocenters. The fraction of sp³-hybridized carbons (Fsp3) is 0.350. The maximum atomic E-state index is 12.3. The molecule has 0 aliphatic rings. The van der Waals surface area contributed by atoms with Gasteiger partial charge in [-0.3, -0.25) is 14.4 Å². The number of hydrogen-bond acceptors (Lipinski definition) is 5. The molecule has 144 valence electrons. The monoisotopic (exact) mass is 372 g/mol. The third kappa shape index (κ3) is 4.75. The number of hydrogen-bond donors (Lipinski definition) is 1. The highest BCUT2D eigenvalue weighted by atomic mass is 16.5. The van der Waals surface area contributed by atoms with Gasteiger partial charge in [0.15, 0.2) is 6.61 Å². The number of nitrogens with zero attached hydrogens (tertiary/aromatic N) is 1. The smallest absolute Gasteiger partial charge is 0.325 e. The van der Waals surface area contributed by atoms with Gasteiger partial charge >= 0.3 is 5.97 Å². The van der Waals surface area contributed by atoms with E-state index in [1.54, 1.807) is 30.3 Å². The molecule has 2 aromatic rings. The standard InChI is InChI=1S/C20H24N2O5/c1-5-22-13(2)10-16(14(22)3)17(23)12-27-19(24)11-21-20(25)15-8-6-7-9-18(15)26-4/h6-10H,5,11-12H2,1-4H3,(H,21,25). The predicted octanol–water partition coefficient (Wildman–Crippen LogP) is 2.29. The van der Waals surface area contributed by atoms with E-state index in [9.17, 15) is 14.4 Å². The first-order valence-electron chi connectivity index (χ1n) is 8.65. The van der Waals surface area contributed by atoms with E-state index in [4.69, 9.17) is 9.47 Å². The number of aromatic nitrogens is 1. The van der Waals surface area contributed by atoms with Crippen LogP contribution in [-0.2, 0) is 16.1 Å². The van der Waals surface area contributed by atoms with Gasteiger partial charge in [-0.25, -0.2) is 0 Å². The van der Waals surface area contributed by atoms with Crippen LogP contribution in [0.5, 0.6) is 5.75 Å². The highest BCUT2D eigenvalue weighted by Gasteiger charge is 2.17. The Bertz CT molecular complexity index is 854. The first kappa shape index (κ1) is 20.2. The van der Waals surface area contributed by atoms with Crippen molar-refractivity contribution in [3.8, 4) is 5.75 Å². The Morgan fingerprint density at radius 1 is 1.11 bits per heavy atom. The quantitative estimate of drug-likeness (QED) is 0.567. The molecule has 0 aliphatic heterocycles. The van der Waals surface area contributed by atoms with Crippen LogP contribution in [0.25, 0.3) is 0 Å². The molecule has 0 bridgehead atoms. The summed E-state index contributed by atoms with van der Waals surface area (Å²) in [7, 11) is 1.46. The molecule has 2 rings (SSSR count). The summed E-state index contributed by atoms with van der Waals surface area (Å²) in [6, 6.07) is 8.47. The number of methoxy groups -OCH3 is 1. The van der Waals surface area contributed by atoms with Crippen molar-refractivity contribution in [2.45, 2.75) is 27.3 Å². The highest BCUT2D eigenvalue weighted by Crippen LogP contribution is 2.17. The molecule has 7 nitrogen and oxygen atoms in total. The zero-order valence-corrected chi connectivity index (χ0v) is 16.0. The van der Waals surface area contributed by atoms with Gasteiger partial charge in [0.1, 0.15) is 12.3 Å². The van der Waals surface area contributed by atoms with E-state index in [1.807, 2.05) is 25.3 Å². The van der Waals surface area contributed by atoms with E-state index >= 15 is 0 Å². The summed E-state index contributed by atoms with van der Waals surface area (Å²) in [6.07, 6.45) is 0. The van der Waals surface area contributed by atoms with Crippen molar-refractivity contribution >= 4 is 17.7 Å². The molecule has 1 amide bonds. The number of aryl methyl sites for hydroxylation is 1. The highest BCUT2D eigenvalue weighted by molar-refractivity contribution is 6.00. The lowest BCUT2D eigenvalue weighted by atomic mass is 10.1. The van der Waals surface area contributed by atoms with Gasteiger partial charge in [0.25, 0.3) is 5.91 Å². The Morgan fingerprint density at radius 3 is 2.44 bits per heavy atom. The van der Waals surface area contributed by atoms with Crippen LogP contribution in [-0.4, -0.2) is 42.5 Å². The molecule has 7 heteroatoms. The lowest BCUT2D eigenvalue weighted by Gasteiger charge is -2.09. The van der Waals surface area contributed by atoms with Gasteiger partial charge in [-0.15, -0.1) is 0 Å². The van der Waals surface area contributed by atoms with E-state index in [2.05, 4.69) is 5.32 Å². The molecule has 0 aliphatic carbocycles. The summed E-state index contributed by atoms with van der Waals surface area (Å²) >= 11 is 0. The lowest BCUT2D eigenvalue weighted by Crippen LogP contribution is -2.31. The summed E-state index contributed by atoms with van der Waals surface area (Å²) < 4.78 is 12.1. The maximum absolute atomic E-state index is 12.3. The molecule has 1 N–H and O–H groups in total. The second-order valence-corrected chi connectivity index (χ2v) is 6.00. The number of Topliss-reactive ketones (excluding diaryl/α,β-unsaturated/α-hetero) is 1. The largest absolute Gasteiger partial charge is 0.496 e. The van der Waals surface area contributed by atoms with E-state index in [-0.39, 0.29) is 18.9 Å². The van der Waals surface area contributed by atoms with Gasteiger partial charge in [0.2, 0.25) is 5.78 Å². The molecule has 0 atom stereocenters. The molecule has 0 saturated carbocycles. The Balaban J connectivity index is 1.87. The van der Waals surface area contributed by atoms with Gasteiger partial charge in [0.05, 0.1) is 12.7 Å². The Kier molecular flexibility index (Phi) is 6.76. The number of para-hydroxylation sites is 1. The van der Waals surface area contributed by atoms with Crippen LogP contribution in [0.2, 0.25) is 0 Å². The minimum absolute atomic E-state index is 0.271. The SMILES string of the molecule is CCn1c(C)cc(C(=O)COC(=O)CNC(=O)c2ccccc2OC)c1C. The third-order valence-electron chi connectivity index (χ3n) is 4.30. The van der Waals surface area contributed by atoms with Crippen LogP contribution >= 0.6 is 0 Å². The lowest BCUT2D eigenvalue weighted by molar-refractivity contribution is -0.141. The van der Waals surface area contributed by atoms with Crippen LogP contribution in [0.3, 0.4) is 0 Å². The van der Waals surface area contributed by atoms with Crippen molar-refractivity contribution in [3.05, 3.63) is 52.8 Å². The summed E-state index contributed by atoms with van der Waals surface area (Å²) in [5.41, 5.74) is 2.69. The van der Waals surface area contributed by atoms with Crippen LogP contribution in [0.1, 0.15) is 39.0 Å². The van der Waals surface area contributed by atoms with Crippen LogP contribution in [0.4, 0.5) is 0 Å². The normalized spacial score (nSPS) is 10.4. The molecular weight excluding hydrogens is 348 g/mol. The van der Waals surface area contributed by atoms with Crippen molar-refractivity contribution in [3.63, 3.8) is 0 Å². The van der Waals surface area contributed by atoms with Gasteiger partial charge in [-0.2, -0.15) is 0 Å². The molecule has 0 saturated heterocycles. The number of carbonyl (C=O) groups excluding carboxylic acids is 3. The van der Waals surface area contributed by atoms with Crippen LogP contribution in [0.15, 0.2) is 30.3 Å². The van der Waals surface area contributed by atoms with Gasteiger partial charge in [-0.05, 0) is 39.0 Å². The average Bonchev–Trinajstić information content (AvgIpc) is 2.97. The summed E-state index contributed by atoms with van der Waals surface area (Å²) in [5.74, 6) is -1.00. The molecule has 0 radical (unpaired) electrons. The Hall–Kier alpha value is -3.09. The maximum Gasteiger partial charge on any atom is 0.325 e. The fourth-order valence-corrected chi connectivity index (χ4v) is 2.92. The molecule has 0 fully saturated rings. The number of ketones is 1. The molecular formula is C20H24N2O5. The van der Waals surface area contributed by atoms with Crippen LogP contribution < -0.4 is 10.1 Å². The summed E-state index contributed by atoms with van der Waals surface area (Å²) in [5, 5.41) is 2.46. The number of benzene rings is 1. The average molecular weight is 372 g/mol. The number of amides is 1. The first-order chi connectivity index (χ1) is 12.9. The van der Waals surface area contributed by atoms with Crippen molar-refractivity contribution in [2.75, 3.05) is 20.3 Å². The Morgan fingerprint density at radius 2 is 1.81 bits per heavy atom. The minimum atomic E-state index is -0.684. The zero-order chi connectivity index (χ0) is 20.0. The molecule has 27 heavy (non-hydrogen) atoms. The number of carbonyl (C=O) groups is 3. The molecule has 1 aromatic heterocycles. The molecule has 1 heterocycles. The zero-order valence-electron chi connectivity index (χ0n) is 16.0. The van der Waals surface area contributed by atoms with E-state index in [0.717, 1.165) is 17.9 Å². The number of ether oxygens (including phenoxy) is 2. The topological polar surface area (TPSA) is 86.6 Å². The van der Waals surface area contributed by atoms with Crippen LogP contribution in [0, 0.1) is 13.8 Å². The van der Waals surface area contributed by atoms with E-state index < -0.39 is 11.9 Å². The minimum Gasteiger partial charge on any atom is -0.496 e. The second kappa shape index (κ2) is 9.02. The first-order valence-corrected chi connectivity index (χ1v) is 8.65. The van der Waals surface area contributed by atoms with Crippen molar-refractivity contribution in [1.29, 1.82) is 0 Å². The summed E-state index contributed by atoms with van der Waals surface area (Å²) in [4.78, 5) is 36.3. The third-order valence-corrected chi connectivity index (χ3v) is 4.30. The predicted molar refractivity (Wildman–Crippen MR) is 100 cm³/mol. The van der Waals surface area contributed by atoms with Crippen molar-refractivity contribution in [2.24, 2.45) is 0 Å². The van der Waals surface area contributed by atoms with E-state index in [0.29, 0.717) is 16.9 Å². The molecule has 0 spiro atoms. The van der Waals surface area contributed by atoms with E-state index in [1.165, 1.54) is 7.11 Å². The number of esters is 1. The van der Waals surface area contributed by atoms with Crippen molar-refractivity contribution < 1.29 is 23.9 Å². The van der Waals surface area contributed by atoms with Gasteiger partial charge < -0.3 is 19.4 Å².